The number of nitrogens with one attached hydrogen (secondary N) is 1. The van der Waals surface area contributed by atoms with E-state index in [0.717, 1.165) is 10.0 Å². The van der Waals surface area contributed by atoms with E-state index in [-0.39, 0.29) is 24.5 Å². The molecule has 0 saturated carbocycles. The molecule has 1 aromatic heterocycles. The Hall–Kier alpha value is -3.06. The molecule has 31 heavy (non-hydrogen) atoms. The van der Waals surface area contributed by atoms with E-state index in [0.29, 0.717) is 24.5 Å². The van der Waals surface area contributed by atoms with E-state index in [1.807, 2.05) is 62.4 Å². The highest BCUT2D eigenvalue weighted by atomic mass is 79.9. The Bertz CT molecular complexity index is 973. The van der Waals surface area contributed by atoms with Crippen molar-refractivity contribution in [3.05, 3.63) is 88.8 Å². The largest absolute Gasteiger partial charge is 0.467 e. The van der Waals surface area contributed by atoms with Gasteiger partial charge < -0.3 is 19.5 Å². The summed E-state index contributed by atoms with van der Waals surface area (Å²) in [6.45, 7) is 4.51. The number of hydrogen-bond donors (Lipinski definition) is 1. The van der Waals surface area contributed by atoms with Crippen molar-refractivity contribution in [1.29, 1.82) is 0 Å². The van der Waals surface area contributed by atoms with Crippen molar-refractivity contribution < 1.29 is 14.0 Å². The minimum Gasteiger partial charge on any atom is -0.467 e. The normalized spacial score (nSPS) is 10.7. The van der Waals surface area contributed by atoms with Crippen LogP contribution in [0, 0.1) is 0 Å². The fourth-order valence-electron chi connectivity index (χ4n) is 3.09. The number of carbonyl (C=O) groups is 2. The highest BCUT2D eigenvalue weighted by Gasteiger charge is 2.24. The minimum absolute atomic E-state index is 0.0342. The van der Waals surface area contributed by atoms with Crippen LogP contribution in [0.1, 0.15) is 25.2 Å². The molecule has 0 aliphatic heterocycles. The summed E-state index contributed by atoms with van der Waals surface area (Å²) in [5, 5.41) is 2.87. The summed E-state index contributed by atoms with van der Waals surface area (Å²) < 4.78 is 6.38. The zero-order valence-electron chi connectivity index (χ0n) is 17.6. The molecule has 3 rings (SSSR count). The van der Waals surface area contributed by atoms with Crippen LogP contribution in [0.15, 0.2) is 81.9 Å². The zero-order valence-corrected chi connectivity index (χ0v) is 19.2. The Labute approximate surface area is 191 Å². The second-order valence-electron chi connectivity index (χ2n) is 7.47. The van der Waals surface area contributed by atoms with E-state index in [9.17, 15) is 9.59 Å². The molecular weight excluding hydrogens is 458 g/mol. The second-order valence-corrected chi connectivity index (χ2v) is 8.39. The highest BCUT2D eigenvalue weighted by molar-refractivity contribution is 9.10. The molecule has 0 spiro atoms. The molecule has 162 valence electrons. The monoisotopic (exact) mass is 483 g/mol. The van der Waals surface area contributed by atoms with Gasteiger partial charge in [-0.1, -0.05) is 46.3 Å². The molecule has 0 aliphatic carbocycles. The first kappa shape index (κ1) is 22.6. The van der Waals surface area contributed by atoms with Crippen LogP contribution in [0.25, 0.3) is 0 Å². The predicted octanol–water partition coefficient (Wildman–Crippen LogP) is 5.51. The van der Waals surface area contributed by atoms with Crippen LogP contribution in [0.4, 0.5) is 10.5 Å². The van der Waals surface area contributed by atoms with Crippen LogP contribution in [0.5, 0.6) is 0 Å². The molecule has 0 atom stereocenters. The van der Waals surface area contributed by atoms with Crippen LogP contribution < -0.4 is 5.32 Å². The summed E-state index contributed by atoms with van der Waals surface area (Å²) in [4.78, 5) is 29.4. The maximum Gasteiger partial charge on any atom is 0.322 e. The Morgan fingerprint density at radius 1 is 0.968 bits per heavy atom. The third-order valence-corrected chi connectivity index (χ3v) is 5.31. The summed E-state index contributed by atoms with van der Waals surface area (Å²) in [5.41, 5.74) is 1.68. The van der Waals surface area contributed by atoms with Crippen molar-refractivity contribution in [2.24, 2.45) is 0 Å². The number of furan rings is 1. The molecule has 3 aromatic rings. The lowest BCUT2D eigenvalue weighted by molar-refractivity contribution is -0.133. The van der Waals surface area contributed by atoms with Gasteiger partial charge in [0.2, 0.25) is 5.91 Å². The summed E-state index contributed by atoms with van der Waals surface area (Å²) >= 11 is 3.38. The Kier molecular flexibility index (Phi) is 7.89. The van der Waals surface area contributed by atoms with Crippen molar-refractivity contribution in [3.63, 3.8) is 0 Å². The van der Waals surface area contributed by atoms with Gasteiger partial charge in [0.25, 0.3) is 0 Å². The maximum atomic E-state index is 13.2. The number of anilines is 1. The van der Waals surface area contributed by atoms with E-state index >= 15 is 0 Å². The van der Waals surface area contributed by atoms with Crippen molar-refractivity contribution in [2.75, 3.05) is 11.9 Å². The summed E-state index contributed by atoms with van der Waals surface area (Å²) in [6.07, 6.45) is 1.59. The van der Waals surface area contributed by atoms with Crippen LogP contribution in [0.2, 0.25) is 0 Å². The fourth-order valence-corrected chi connectivity index (χ4v) is 3.35. The molecule has 0 bridgehead atoms. The number of rotatable bonds is 8. The van der Waals surface area contributed by atoms with Gasteiger partial charge in [-0.3, -0.25) is 4.79 Å². The zero-order chi connectivity index (χ0) is 22.2. The number of amides is 3. The molecule has 0 saturated heterocycles. The predicted molar refractivity (Wildman–Crippen MR) is 124 cm³/mol. The van der Waals surface area contributed by atoms with E-state index < -0.39 is 0 Å². The van der Waals surface area contributed by atoms with E-state index in [1.54, 1.807) is 29.4 Å². The third-order valence-electron chi connectivity index (χ3n) is 4.78. The van der Waals surface area contributed by atoms with Crippen LogP contribution in [-0.2, 0) is 17.9 Å². The number of carbonyl (C=O) groups excluding carboxylic acids is 2. The molecule has 1 heterocycles. The molecule has 3 amide bonds. The molecule has 0 unspecified atom stereocenters. The topological polar surface area (TPSA) is 65.8 Å². The lowest BCUT2D eigenvalue weighted by Crippen LogP contribution is -2.47. The number of nitrogens with zero attached hydrogens (tertiary/aromatic N) is 2. The molecular formula is C24H26BrN3O3. The molecule has 0 radical (unpaired) electrons. The standard InChI is InChI=1S/C24H26BrN3O3/c1-18(2)28(24(30)26-21-12-10-20(25)11-13-21)17-23(29)27(16-22-9-6-14-31-22)15-19-7-4-3-5-8-19/h3-14,18H,15-17H2,1-2H3,(H,26,30). The van der Waals surface area contributed by atoms with Gasteiger partial charge in [-0.2, -0.15) is 0 Å². The van der Waals surface area contributed by atoms with Gasteiger partial charge in [-0.05, 0) is 55.8 Å². The Morgan fingerprint density at radius 3 is 2.29 bits per heavy atom. The summed E-state index contributed by atoms with van der Waals surface area (Å²) in [6, 6.07) is 20.3. The van der Waals surface area contributed by atoms with Crippen molar-refractivity contribution >= 4 is 33.6 Å². The molecule has 0 fully saturated rings. The Morgan fingerprint density at radius 2 is 1.68 bits per heavy atom. The molecule has 0 aliphatic rings. The average molecular weight is 484 g/mol. The van der Waals surface area contributed by atoms with Gasteiger partial charge in [0.15, 0.2) is 0 Å². The minimum atomic E-state index is -0.316. The first-order valence-electron chi connectivity index (χ1n) is 10.1. The average Bonchev–Trinajstić information content (AvgIpc) is 3.26. The molecule has 6 nitrogen and oxygen atoms in total. The number of halogens is 1. The van der Waals surface area contributed by atoms with Crippen molar-refractivity contribution in [2.45, 2.75) is 33.0 Å². The summed E-state index contributed by atoms with van der Waals surface area (Å²) in [5.74, 6) is 0.541. The van der Waals surface area contributed by atoms with Crippen LogP contribution in [-0.4, -0.2) is 34.3 Å². The lowest BCUT2D eigenvalue weighted by atomic mass is 10.2. The lowest BCUT2D eigenvalue weighted by Gasteiger charge is -2.30. The van der Waals surface area contributed by atoms with Gasteiger partial charge in [0.1, 0.15) is 12.3 Å². The van der Waals surface area contributed by atoms with Crippen LogP contribution >= 0.6 is 15.9 Å². The second kappa shape index (κ2) is 10.8. The van der Waals surface area contributed by atoms with Gasteiger partial charge in [0, 0.05) is 22.7 Å². The third kappa shape index (κ3) is 6.72. The SMILES string of the molecule is CC(C)N(CC(=O)N(Cc1ccccc1)Cc1ccco1)C(=O)Nc1ccc(Br)cc1. The van der Waals surface area contributed by atoms with Crippen molar-refractivity contribution in [3.8, 4) is 0 Å². The van der Waals surface area contributed by atoms with Crippen LogP contribution in [0.3, 0.4) is 0 Å². The molecule has 1 N–H and O–H groups in total. The van der Waals surface area contributed by atoms with Gasteiger partial charge in [-0.25, -0.2) is 4.79 Å². The van der Waals surface area contributed by atoms with Gasteiger partial charge in [-0.15, -0.1) is 0 Å². The fraction of sp³-hybridized carbons (Fsp3) is 0.250. The van der Waals surface area contributed by atoms with E-state index in [2.05, 4.69) is 21.2 Å². The van der Waals surface area contributed by atoms with E-state index in [4.69, 9.17) is 4.42 Å². The van der Waals surface area contributed by atoms with Crippen molar-refractivity contribution in [1.82, 2.24) is 9.80 Å². The number of urea groups is 1. The van der Waals surface area contributed by atoms with Gasteiger partial charge in [0.05, 0.1) is 12.8 Å². The first-order chi connectivity index (χ1) is 14.9. The molecule has 2 aromatic carbocycles. The molecule has 7 heteroatoms. The quantitative estimate of drug-likeness (QED) is 0.458. The van der Waals surface area contributed by atoms with Gasteiger partial charge >= 0.3 is 6.03 Å². The highest BCUT2D eigenvalue weighted by Crippen LogP contribution is 2.16. The first-order valence-corrected chi connectivity index (χ1v) is 10.9. The summed E-state index contributed by atoms with van der Waals surface area (Å²) in [7, 11) is 0. The number of benzene rings is 2. The Balaban J connectivity index is 1.73. The smallest absolute Gasteiger partial charge is 0.322 e. The maximum absolute atomic E-state index is 13.2. The number of hydrogen-bond acceptors (Lipinski definition) is 3. The van der Waals surface area contributed by atoms with E-state index in [1.165, 1.54) is 4.90 Å².